The third kappa shape index (κ3) is 3.98. The Labute approximate surface area is 133 Å². The van der Waals surface area contributed by atoms with E-state index in [9.17, 15) is 10.1 Å². The van der Waals surface area contributed by atoms with Gasteiger partial charge >= 0.3 is 6.09 Å². The van der Waals surface area contributed by atoms with E-state index in [0.717, 1.165) is 10.0 Å². The van der Waals surface area contributed by atoms with Gasteiger partial charge in [-0.3, -0.25) is 0 Å². The van der Waals surface area contributed by atoms with Gasteiger partial charge in [0.05, 0.1) is 12.0 Å². The van der Waals surface area contributed by atoms with Crippen molar-refractivity contribution in [1.82, 2.24) is 4.90 Å². The summed E-state index contributed by atoms with van der Waals surface area (Å²) < 4.78 is 6.37. The molecule has 1 amide bonds. The fraction of sp³-hybridized carbons (Fsp3) is 0.500. The predicted octanol–water partition coefficient (Wildman–Crippen LogP) is 3.92. The van der Waals surface area contributed by atoms with Crippen molar-refractivity contribution >= 4 is 22.0 Å². The molecular weight excluding hydrogens is 332 g/mol. The Morgan fingerprint density at radius 3 is 2.71 bits per heavy atom. The van der Waals surface area contributed by atoms with Crippen LogP contribution in [0.3, 0.4) is 0 Å². The average Bonchev–Trinajstić information content (AvgIpc) is 2.81. The first-order chi connectivity index (χ1) is 9.80. The zero-order valence-corrected chi connectivity index (χ0v) is 14.1. The molecule has 1 aliphatic rings. The number of nitriles is 1. The van der Waals surface area contributed by atoms with Gasteiger partial charge in [0.1, 0.15) is 5.60 Å². The summed E-state index contributed by atoms with van der Waals surface area (Å²) in [4.78, 5) is 13.8. The number of carbonyl (C=O) groups is 1. The molecular formula is C16H19BrN2O2. The molecule has 1 aromatic carbocycles. The topological polar surface area (TPSA) is 53.3 Å². The molecule has 1 saturated heterocycles. The Bertz CT molecular complexity index is 574. The van der Waals surface area contributed by atoms with Crippen LogP contribution in [0.5, 0.6) is 0 Å². The van der Waals surface area contributed by atoms with E-state index in [1.54, 1.807) is 4.90 Å². The molecule has 1 aliphatic heterocycles. The van der Waals surface area contributed by atoms with Crippen LogP contribution in [-0.2, 0) is 4.74 Å². The van der Waals surface area contributed by atoms with Crippen LogP contribution in [0.2, 0.25) is 0 Å². The standard InChI is InChI=1S/C16H19BrN2O2/c1-16(2,3)21-15(20)19-9-12(8-18)14(10-19)11-5-4-6-13(17)7-11/h4-7,12,14H,9-10H2,1-3H3. The molecule has 4 nitrogen and oxygen atoms in total. The second-order valence-corrected chi connectivity index (χ2v) is 7.20. The number of benzene rings is 1. The van der Waals surface area contributed by atoms with Gasteiger partial charge in [-0.1, -0.05) is 28.1 Å². The number of nitrogens with zero attached hydrogens (tertiary/aromatic N) is 2. The van der Waals surface area contributed by atoms with Crippen molar-refractivity contribution in [3.05, 3.63) is 34.3 Å². The molecule has 112 valence electrons. The zero-order chi connectivity index (χ0) is 15.6. The molecule has 0 radical (unpaired) electrons. The minimum atomic E-state index is -0.521. The van der Waals surface area contributed by atoms with Crippen LogP contribution in [0.1, 0.15) is 32.3 Å². The SMILES string of the molecule is CC(C)(C)OC(=O)N1CC(C#N)C(c2cccc(Br)c2)C1. The van der Waals surface area contributed by atoms with Crippen LogP contribution < -0.4 is 0 Å². The van der Waals surface area contributed by atoms with Gasteiger partial charge in [0, 0.05) is 23.5 Å². The summed E-state index contributed by atoms with van der Waals surface area (Å²) >= 11 is 3.45. The molecule has 1 aromatic rings. The van der Waals surface area contributed by atoms with Crippen LogP contribution in [0, 0.1) is 17.2 Å². The second-order valence-electron chi connectivity index (χ2n) is 6.28. The van der Waals surface area contributed by atoms with E-state index in [0.29, 0.717) is 13.1 Å². The van der Waals surface area contributed by atoms with Crippen molar-refractivity contribution in [3.8, 4) is 6.07 Å². The summed E-state index contributed by atoms with van der Waals surface area (Å²) in [5.74, 6) is -0.174. The fourth-order valence-electron chi connectivity index (χ4n) is 2.49. The molecule has 2 rings (SSSR count). The van der Waals surface area contributed by atoms with Gasteiger partial charge in [0.15, 0.2) is 0 Å². The number of amides is 1. The molecule has 0 spiro atoms. The fourth-order valence-corrected chi connectivity index (χ4v) is 2.90. The maximum Gasteiger partial charge on any atom is 0.410 e. The molecule has 1 fully saturated rings. The van der Waals surface area contributed by atoms with Gasteiger partial charge in [-0.15, -0.1) is 0 Å². The Hall–Kier alpha value is -1.54. The van der Waals surface area contributed by atoms with Gasteiger partial charge in [0.25, 0.3) is 0 Å². The lowest BCUT2D eigenvalue weighted by Crippen LogP contribution is -2.35. The van der Waals surface area contributed by atoms with Crippen molar-refractivity contribution < 1.29 is 9.53 Å². The lowest BCUT2D eigenvalue weighted by Gasteiger charge is -2.24. The number of ether oxygens (including phenoxy) is 1. The van der Waals surface area contributed by atoms with Gasteiger partial charge < -0.3 is 9.64 Å². The van der Waals surface area contributed by atoms with E-state index in [-0.39, 0.29) is 17.9 Å². The number of likely N-dealkylation sites (tertiary alicyclic amines) is 1. The van der Waals surface area contributed by atoms with Crippen LogP contribution in [0.4, 0.5) is 4.79 Å². The monoisotopic (exact) mass is 350 g/mol. The van der Waals surface area contributed by atoms with E-state index >= 15 is 0 Å². The van der Waals surface area contributed by atoms with Crippen LogP contribution in [0.15, 0.2) is 28.7 Å². The van der Waals surface area contributed by atoms with Crippen molar-refractivity contribution in [2.24, 2.45) is 5.92 Å². The quantitative estimate of drug-likeness (QED) is 0.771. The minimum absolute atomic E-state index is 0.0278. The molecule has 0 N–H and O–H groups in total. The Kier molecular flexibility index (Phi) is 4.58. The first-order valence-corrected chi connectivity index (χ1v) is 7.72. The lowest BCUT2D eigenvalue weighted by atomic mass is 9.90. The van der Waals surface area contributed by atoms with Crippen molar-refractivity contribution in [2.75, 3.05) is 13.1 Å². The van der Waals surface area contributed by atoms with Gasteiger partial charge in [-0.25, -0.2) is 4.79 Å². The molecule has 5 heteroatoms. The molecule has 0 saturated carbocycles. The third-order valence-electron chi connectivity index (χ3n) is 3.41. The molecule has 0 aliphatic carbocycles. The average molecular weight is 351 g/mol. The lowest BCUT2D eigenvalue weighted by molar-refractivity contribution is 0.0289. The third-order valence-corrected chi connectivity index (χ3v) is 3.91. The molecule has 0 aromatic heterocycles. The zero-order valence-electron chi connectivity index (χ0n) is 12.5. The molecule has 21 heavy (non-hydrogen) atoms. The summed E-state index contributed by atoms with van der Waals surface area (Å²) in [6, 6.07) is 10.2. The largest absolute Gasteiger partial charge is 0.444 e. The molecule has 2 unspecified atom stereocenters. The van der Waals surface area contributed by atoms with E-state index in [1.807, 2.05) is 45.0 Å². The van der Waals surface area contributed by atoms with Crippen LogP contribution in [-0.4, -0.2) is 29.7 Å². The summed E-state index contributed by atoms with van der Waals surface area (Å²) in [5.41, 5.74) is 0.551. The number of carbonyl (C=O) groups excluding carboxylic acids is 1. The number of hydrogen-bond donors (Lipinski definition) is 0. The summed E-state index contributed by atoms with van der Waals surface area (Å²) in [7, 11) is 0. The predicted molar refractivity (Wildman–Crippen MR) is 83.8 cm³/mol. The van der Waals surface area contributed by atoms with Gasteiger partial charge in [-0.2, -0.15) is 5.26 Å². The molecule has 0 bridgehead atoms. The first-order valence-electron chi connectivity index (χ1n) is 6.93. The van der Waals surface area contributed by atoms with Crippen molar-refractivity contribution in [2.45, 2.75) is 32.3 Å². The molecule has 2 atom stereocenters. The Morgan fingerprint density at radius 1 is 1.43 bits per heavy atom. The number of rotatable bonds is 1. The highest BCUT2D eigenvalue weighted by atomic mass is 79.9. The normalized spacial score (nSPS) is 22.0. The van der Waals surface area contributed by atoms with E-state index in [2.05, 4.69) is 22.0 Å². The maximum atomic E-state index is 12.2. The van der Waals surface area contributed by atoms with Crippen LogP contribution in [0.25, 0.3) is 0 Å². The summed E-state index contributed by atoms with van der Waals surface area (Å²) in [6.07, 6.45) is -0.347. The van der Waals surface area contributed by atoms with Gasteiger partial charge in [-0.05, 0) is 38.5 Å². The highest BCUT2D eigenvalue weighted by molar-refractivity contribution is 9.10. The van der Waals surface area contributed by atoms with E-state index in [1.165, 1.54) is 0 Å². The number of hydrogen-bond acceptors (Lipinski definition) is 3. The highest BCUT2D eigenvalue weighted by Crippen LogP contribution is 2.34. The molecule has 1 heterocycles. The Balaban J connectivity index is 2.15. The maximum absolute atomic E-state index is 12.2. The van der Waals surface area contributed by atoms with Crippen molar-refractivity contribution in [1.29, 1.82) is 5.26 Å². The summed E-state index contributed by atoms with van der Waals surface area (Å²) in [6.45, 7) is 6.46. The van der Waals surface area contributed by atoms with E-state index < -0.39 is 5.60 Å². The summed E-state index contributed by atoms with van der Waals surface area (Å²) in [5, 5.41) is 9.36. The first kappa shape index (κ1) is 15.8. The minimum Gasteiger partial charge on any atom is -0.444 e. The van der Waals surface area contributed by atoms with Crippen molar-refractivity contribution in [3.63, 3.8) is 0 Å². The smallest absolute Gasteiger partial charge is 0.410 e. The van der Waals surface area contributed by atoms with Crippen LogP contribution >= 0.6 is 15.9 Å². The van der Waals surface area contributed by atoms with Gasteiger partial charge in [0.2, 0.25) is 0 Å². The Morgan fingerprint density at radius 2 is 2.14 bits per heavy atom. The number of halogens is 1. The highest BCUT2D eigenvalue weighted by Gasteiger charge is 2.38. The van der Waals surface area contributed by atoms with E-state index in [4.69, 9.17) is 4.74 Å². The second kappa shape index (κ2) is 6.07.